The van der Waals surface area contributed by atoms with Crippen LogP contribution >= 0.6 is 0 Å². The van der Waals surface area contributed by atoms with Gasteiger partial charge in [0, 0.05) is 50.4 Å². The Hall–Kier alpha value is -7.67. The van der Waals surface area contributed by atoms with Crippen molar-refractivity contribution < 1.29 is 54.9 Å². The number of urea groups is 1. The third-order valence-electron chi connectivity index (χ3n) is 10.8. The Bertz CT molecular complexity index is 2390. The van der Waals surface area contributed by atoms with Crippen molar-refractivity contribution in [3.63, 3.8) is 0 Å². The van der Waals surface area contributed by atoms with E-state index in [-0.39, 0.29) is 98.8 Å². The molecule has 0 radical (unpaired) electrons. The number of rotatable bonds is 33. The fourth-order valence-corrected chi connectivity index (χ4v) is 6.73. The summed E-state index contributed by atoms with van der Waals surface area (Å²) < 4.78 is 109. The van der Waals surface area contributed by atoms with Gasteiger partial charge in [0.25, 0.3) is 0 Å². The lowest BCUT2D eigenvalue weighted by Crippen LogP contribution is -2.23. The smallest absolute Gasteiger partial charge is 0.420 e. The number of carbonyl (C=O) groups is 2. The van der Waals surface area contributed by atoms with E-state index in [9.17, 15) is 35.9 Å². The third-order valence-corrected chi connectivity index (χ3v) is 10.8. The van der Waals surface area contributed by atoms with Crippen LogP contribution in [-0.2, 0) is 23.6 Å². The molecule has 0 aliphatic rings. The summed E-state index contributed by atoms with van der Waals surface area (Å²) in [6.07, 6.45) is -4.74. The number of hydrogen-bond donors (Lipinski definition) is 11. The van der Waals surface area contributed by atoms with Gasteiger partial charge in [0.2, 0.25) is 5.91 Å². The Kier molecular flexibility index (Phi) is 26.1. The number of aryl methyl sites for hydroxylation is 1. The molecule has 75 heavy (non-hydrogen) atoms. The number of ether oxygens (including phenoxy) is 4. The lowest BCUT2D eigenvalue weighted by Gasteiger charge is -2.20. The number of benzene rings is 3. The summed E-state index contributed by atoms with van der Waals surface area (Å²) >= 11 is 0. The van der Waals surface area contributed by atoms with E-state index in [0.717, 1.165) is 41.8 Å². The van der Waals surface area contributed by atoms with Crippen molar-refractivity contribution in [3.05, 3.63) is 76.6 Å². The van der Waals surface area contributed by atoms with E-state index in [1.807, 2.05) is 13.8 Å². The number of nitrogens with two attached hydrogens (primary N) is 7. The number of guanidine groups is 3. The molecule has 0 aliphatic heterocycles. The molecule has 0 saturated carbocycles. The van der Waals surface area contributed by atoms with Gasteiger partial charge in [-0.2, -0.15) is 26.3 Å². The summed E-state index contributed by atoms with van der Waals surface area (Å²) in [5.74, 6) is -1.38. The molecule has 18 N–H and O–H groups in total. The highest BCUT2D eigenvalue weighted by atomic mass is 19.4. The Balaban J connectivity index is 1.70. The van der Waals surface area contributed by atoms with Crippen LogP contribution in [0.5, 0.6) is 23.0 Å². The highest BCUT2D eigenvalue weighted by Crippen LogP contribution is 2.44. The third kappa shape index (κ3) is 24.3. The average Bonchev–Trinajstić information content (AvgIpc) is 3.33. The SMILES string of the molecule is CC/C(C)=C(/N)NCCCCOc1cc(OCCCCN=C(N)N)c(C(F)(F)F)cc1NC(=O)Nc1ccc(CCCC(=O)Nc2cc(C(F)(F)F)c(OCCCCN=C(N)N)cc2OCCCCN=C(N)N)cc1. The van der Waals surface area contributed by atoms with Crippen LogP contribution in [0.3, 0.4) is 0 Å². The minimum Gasteiger partial charge on any atom is -0.493 e. The number of unbranched alkanes of at least 4 members (excludes halogenated alkanes) is 4. The summed E-state index contributed by atoms with van der Waals surface area (Å²) in [6, 6.07) is 9.28. The molecule has 20 nitrogen and oxygen atoms in total. The molecule has 0 fully saturated rings. The first kappa shape index (κ1) is 61.6. The molecule has 3 amide bonds. The fourth-order valence-electron chi connectivity index (χ4n) is 6.73. The van der Waals surface area contributed by atoms with Gasteiger partial charge in [-0.25, -0.2) is 4.79 Å². The largest absolute Gasteiger partial charge is 0.493 e. The number of hydrogen-bond acceptors (Lipinski definition) is 11. The Morgan fingerprint density at radius 2 is 0.973 bits per heavy atom. The molecule has 26 heteroatoms. The molecule has 0 saturated heterocycles. The number of aliphatic imine (C=N–C) groups is 3. The minimum atomic E-state index is -4.87. The van der Waals surface area contributed by atoms with E-state index in [1.165, 1.54) is 0 Å². The molecule has 0 unspecified atom stereocenters. The number of carbonyl (C=O) groups excluding carboxylic acids is 2. The van der Waals surface area contributed by atoms with Crippen molar-refractivity contribution in [1.82, 2.24) is 5.32 Å². The molecule has 0 spiro atoms. The Morgan fingerprint density at radius 1 is 0.547 bits per heavy atom. The molecular formula is C49H72F6N14O6. The zero-order valence-corrected chi connectivity index (χ0v) is 42.4. The van der Waals surface area contributed by atoms with Crippen LogP contribution in [0, 0.1) is 0 Å². The highest BCUT2D eigenvalue weighted by molar-refractivity contribution is 6.01. The monoisotopic (exact) mass is 1070 g/mol. The van der Waals surface area contributed by atoms with Gasteiger partial charge in [-0.1, -0.05) is 19.1 Å². The average molecular weight is 1070 g/mol. The van der Waals surface area contributed by atoms with Gasteiger partial charge in [0.15, 0.2) is 17.9 Å². The maximum Gasteiger partial charge on any atom is 0.420 e. The Morgan fingerprint density at radius 3 is 1.40 bits per heavy atom. The van der Waals surface area contributed by atoms with Gasteiger partial charge in [-0.15, -0.1) is 0 Å². The standard InChI is InChI=1S/C49H72F6N14O6/c1-3-31(2)43(56)63-19-4-8-25-75-41-30-39(73-24-10-6-21-65-45(59)60)35(49(53,54)55)28-37(41)69-47(71)67-33-17-15-32(16-18-33)13-12-14-42(70)68-36-27-34(48(50,51)52)38(72-23-9-5-20-64-44(57)58)29-40(36)74-26-11-7-22-66-46(61)62/h15-18,27-30,63H,3-14,19-26,56H2,1-2H3,(H,68,70)(H4,57,58,64)(H4,59,60,65)(H4,61,62,66)(H2,67,69,71)/b43-31-. The second kappa shape index (κ2) is 31.8. The zero-order chi connectivity index (χ0) is 55.4. The van der Waals surface area contributed by atoms with Gasteiger partial charge in [0.05, 0.1) is 54.8 Å². The maximum absolute atomic E-state index is 14.4. The normalized spacial score (nSPS) is 11.6. The van der Waals surface area contributed by atoms with Crippen LogP contribution in [0.25, 0.3) is 0 Å². The second-order valence-electron chi connectivity index (χ2n) is 17.0. The summed E-state index contributed by atoms with van der Waals surface area (Å²) in [6.45, 7) is 5.26. The molecule has 416 valence electrons. The van der Waals surface area contributed by atoms with E-state index < -0.39 is 46.9 Å². The van der Waals surface area contributed by atoms with Crippen LogP contribution in [0.1, 0.15) is 101 Å². The van der Waals surface area contributed by atoms with E-state index in [0.29, 0.717) is 76.7 Å². The quantitative estimate of drug-likeness (QED) is 0.0127. The van der Waals surface area contributed by atoms with Crippen LogP contribution in [0.2, 0.25) is 0 Å². The van der Waals surface area contributed by atoms with E-state index in [1.54, 1.807) is 24.3 Å². The summed E-state index contributed by atoms with van der Waals surface area (Å²) in [7, 11) is 0. The first-order valence-corrected chi connectivity index (χ1v) is 24.4. The first-order chi connectivity index (χ1) is 35.6. The molecular weight excluding hydrogens is 995 g/mol. The van der Waals surface area contributed by atoms with Crippen LogP contribution in [-0.4, -0.2) is 82.4 Å². The van der Waals surface area contributed by atoms with Crippen molar-refractivity contribution in [2.75, 3.05) is 68.6 Å². The van der Waals surface area contributed by atoms with Crippen LogP contribution in [0.4, 0.5) is 48.2 Å². The lowest BCUT2D eigenvalue weighted by molar-refractivity contribution is -0.139. The van der Waals surface area contributed by atoms with Crippen molar-refractivity contribution in [3.8, 4) is 23.0 Å². The highest BCUT2D eigenvalue weighted by Gasteiger charge is 2.37. The number of allylic oxidation sites excluding steroid dienone is 1. The van der Waals surface area contributed by atoms with Gasteiger partial charge >= 0.3 is 18.4 Å². The number of halogens is 6. The number of anilines is 3. The van der Waals surface area contributed by atoms with Crippen molar-refractivity contribution in [2.45, 2.75) is 103 Å². The zero-order valence-electron chi connectivity index (χ0n) is 42.4. The molecule has 0 aromatic heterocycles. The lowest BCUT2D eigenvalue weighted by atomic mass is 10.1. The predicted octanol–water partition coefficient (Wildman–Crippen LogP) is 6.98. The number of amides is 3. The number of alkyl halides is 6. The molecule has 0 atom stereocenters. The fraction of sp³-hybridized carbons (Fsp3) is 0.490. The van der Waals surface area contributed by atoms with E-state index in [4.69, 9.17) is 59.1 Å². The number of nitrogens with zero attached hydrogens (tertiary/aromatic N) is 3. The van der Waals surface area contributed by atoms with Gasteiger partial charge in [0.1, 0.15) is 23.0 Å². The summed E-state index contributed by atoms with van der Waals surface area (Å²) in [5, 5.41) is 10.7. The molecule has 3 rings (SSSR count). The Labute approximate surface area is 432 Å². The van der Waals surface area contributed by atoms with Crippen LogP contribution in [0.15, 0.2) is 74.9 Å². The van der Waals surface area contributed by atoms with Gasteiger partial charge < -0.3 is 80.4 Å². The second-order valence-corrected chi connectivity index (χ2v) is 17.0. The topological polar surface area (TPSA) is 338 Å². The summed E-state index contributed by atoms with van der Waals surface area (Å²) in [5.41, 5.74) is 37.4. The van der Waals surface area contributed by atoms with Crippen LogP contribution < -0.4 is 80.4 Å². The number of nitrogens with one attached hydrogen (secondary N) is 4. The van der Waals surface area contributed by atoms with E-state index in [2.05, 4.69) is 36.2 Å². The van der Waals surface area contributed by atoms with Gasteiger partial charge in [-0.05, 0) is 113 Å². The maximum atomic E-state index is 14.4. The molecule has 0 aliphatic carbocycles. The summed E-state index contributed by atoms with van der Waals surface area (Å²) in [4.78, 5) is 38.1. The van der Waals surface area contributed by atoms with Crippen molar-refractivity contribution >= 4 is 46.9 Å². The predicted molar refractivity (Wildman–Crippen MR) is 280 cm³/mol. The van der Waals surface area contributed by atoms with Gasteiger partial charge in [-0.3, -0.25) is 19.8 Å². The van der Waals surface area contributed by atoms with Crippen molar-refractivity contribution in [2.24, 2.45) is 55.1 Å². The van der Waals surface area contributed by atoms with E-state index >= 15 is 0 Å². The molecule has 3 aromatic rings. The molecule has 0 heterocycles. The first-order valence-electron chi connectivity index (χ1n) is 24.4. The molecule has 0 bridgehead atoms. The molecule has 3 aromatic carbocycles. The van der Waals surface area contributed by atoms with Crippen molar-refractivity contribution in [1.29, 1.82) is 0 Å². The minimum absolute atomic E-state index is 0.0412.